The molecule has 158 valence electrons. The van der Waals surface area contributed by atoms with E-state index in [1.165, 1.54) is 0 Å². The van der Waals surface area contributed by atoms with E-state index in [2.05, 4.69) is 5.32 Å². The van der Waals surface area contributed by atoms with Gasteiger partial charge in [-0.2, -0.15) is 0 Å². The quantitative estimate of drug-likeness (QED) is 0.834. The van der Waals surface area contributed by atoms with Crippen molar-refractivity contribution < 1.29 is 14.3 Å². The molecule has 1 N–H and O–H groups in total. The molecule has 1 unspecified atom stereocenters. The summed E-state index contributed by atoms with van der Waals surface area (Å²) in [6.07, 6.45) is 2.44. The van der Waals surface area contributed by atoms with Crippen molar-refractivity contribution in [2.24, 2.45) is 0 Å². The van der Waals surface area contributed by atoms with Crippen molar-refractivity contribution in [3.63, 3.8) is 0 Å². The number of hydrogen-bond donors (Lipinski definition) is 1. The zero-order valence-electron chi connectivity index (χ0n) is 17.6. The van der Waals surface area contributed by atoms with Crippen LogP contribution in [0.5, 0.6) is 5.75 Å². The number of carbonyl (C=O) groups excluding carboxylic acids is 2. The molecule has 2 amide bonds. The minimum atomic E-state index is -0.186. The molecule has 2 aromatic rings. The van der Waals surface area contributed by atoms with Gasteiger partial charge < -0.3 is 19.9 Å². The second-order valence-electron chi connectivity index (χ2n) is 7.68. The number of rotatable bonds is 4. The average molecular weight is 409 g/mol. The molecular formula is C22H27N5O3. The molecule has 4 rings (SSSR count). The van der Waals surface area contributed by atoms with Crippen molar-refractivity contribution in [3.8, 4) is 5.75 Å². The Morgan fingerprint density at radius 3 is 2.80 bits per heavy atom. The van der Waals surface area contributed by atoms with Gasteiger partial charge in [0.05, 0.1) is 25.4 Å². The first kappa shape index (κ1) is 20.1. The van der Waals surface area contributed by atoms with E-state index in [0.29, 0.717) is 36.8 Å². The van der Waals surface area contributed by atoms with Gasteiger partial charge in [-0.25, -0.2) is 9.97 Å². The van der Waals surface area contributed by atoms with Crippen LogP contribution in [0.4, 0.5) is 5.82 Å². The lowest BCUT2D eigenvalue weighted by molar-refractivity contribution is -0.129. The van der Waals surface area contributed by atoms with E-state index in [0.717, 1.165) is 36.3 Å². The van der Waals surface area contributed by atoms with Crippen LogP contribution >= 0.6 is 0 Å². The number of anilines is 1. The molecule has 8 nitrogen and oxygen atoms in total. The van der Waals surface area contributed by atoms with Gasteiger partial charge in [-0.15, -0.1) is 0 Å². The number of carbonyl (C=O) groups is 2. The van der Waals surface area contributed by atoms with Crippen molar-refractivity contribution in [2.45, 2.75) is 38.8 Å². The van der Waals surface area contributed by atoms with Gasteiger partial charge in [-0.3, -0.25) is 9.59 Å². The maximum atomic E-state index is 13.2. The topological polar surface area (TPSA) is 87.7 Å². The summed E-state index contributed by atoms with van der Waals surface area (Å²) in [6, 6.07) is 7.02. The van der Waals surface area contributed by atoms with Gasteiger partial charge in [-0.05, 0) is 37.5 Å². The number of fused-ring (bicyclic) bond motifs is 1. The summed E-state index contributed by atoms with van der Waals surface area (Å²) in [6.45, 7) is 3.39. The highest BCUT2D eigenvalue weighted by Crippen LogP contribution is 2.34. The van der Waals surface area contributed by atoms with Gasteiger partial charge in [0.2, 0.25) is 5.91 Å². The van der Waals surface area contributed by atoms with E-state index in [1.54, 1.807) is 31.1 Å². The minimum absolute atomic E-state index is 0.0440. The fourth-order valence-electron chi connectivity index (χ4n) is 4.27. The van der Waals surface area contributed by atoms with Gasteiger partial charge in [-0.1, -0.05) is 6.07 Å². The molecular weight excluding hydrogens is 382 g/mol. The lowest BCUT2D eigenvalue weighted by atomic mass is 10.0. The molecule has 0 saturated carbocycles. The number of hydrogen-bond acceptors (Lipinski definition) is 6. The molecule has 1 aromatic carbocycles. The number of nitrogens with one attached hydrogen (secondary N) is 1. The third kappa shape index (κ3) is 3.69. The summed E-state index contributed by atoms with van der Waals surface area (Å²) in [4.78, 5) is 38.3. The zero-order valence-corrected chi connectivity index (χ0v) is 17.6. The van der Waals surface area contributed by atoms with Crippen molar-refractivity contribution in [3.05, 3.63) is 46.9 Å². The molecule has 0 radical (unpaired) electrons. The molecule has 8 heteroatoms. The molecule has 30 heavy (non-hydrogen) atoms. The number of benzene rings is 1. The van der Waals surface area contributed by atoms with Gasteiger partial charge in [0, 0.05) is 38.2 Å². The third-order valence-corrected chi connectivity index (χ3v) is 5.89. The summed E-state index contributed by atoms with van der Waals surface area (Å²) in [7, 11) is 3.43. The molecule has 0 bridgehead atoms. The highest BCUT2D eigenvalue weighted by Gasteiger charge is 2.34. The SMILES string of the molecule is CNc1nc(C2CCCN2C(=O)c2cccc(OC)c2)nc2c1CCN(C(C)=O)C2. The molecule has 1 aromatic heterocycles. The Hall–Kier alpha value is -3.16. The molecule has 2 aliphatic rings. The smallest absolute Gasteiger partial charge is 0.254 e. The van der Waals surface area contributed by atoms with Gasteiger partial charge in [0.1, 0.15) is 11.6 Å². The summed E-state index contributed by atoms with van der Waals surface area (Å²) < 4.78 is 5.27. The molecule has 1 atom stereocenters. The molecule has 1 saturated heterocycles. The van der Waals surface area contributed by atoms with E-state index in [1.807, 2.05) is 24.1 Å². The van der Waals surface area contributed by atoms with Crippen LogP contribution < -0.4 is 10.1 Å². The van der Waals surface area contributed by atoms with E-state index in [4.69, 9.17) is 14.7 Å². The second kappa shape index (κ2) is 8.30. The predicted molar refractivity (Wildman–Crippen MR) is 112 cm³/mol. The second-order valence-corrected chi connectivity index (χ2v) is 7.68. The Morgan fingerprint density at radius 1 is 1.23 bits per heavy atom. The van der Waals surface area contributed by atoms with Crippen molar-refractivity contribution in [1.82, 2.24) is 19.8 Å². The van der Waals surface area contributed by atoms with Crippen LogP contribution in [0.3, 0.4) is 0 Å². The van der Waals surface area contributed by atoms with Crippen molar-refractivity contribution in [1.29, 1.82) is 0 Å². The van der Waals surface area contributed by atoms with Crippen molar-refractivity contribution >= 4 is 17.6 Å². The predicted octanol–water partition coefficient (Wildman–Crippen LogP) is 2.41. The Balaban J connectivity index is 1.66. The fraction of sp³-hybridized carbons (Fsp3) is 0.455. The van der Waals surface area contributed by atoms with Crippen LogP contribution in [0.15, 0.2) is 24.3 Å². The van der Waals surface area contributed by atoms with E-state index >= 15 is 0 Å². The maximum absolute atomic E-state index is 13.2. The third-order valence-electron chi connectivity index (χ3n) is 5.89. The molecule has 2 aliphatic heterocycles. The summed E-state index contributed by atoms with van der Waals surface area (Å²) >= 11 is 0. The van der Waals surface area contributed by atoms with Gasteiger partial charge in [0.15, 0.2) is 5.82 Å². The first-order chi connectivity index (χ1) is 14.5. The summed E-state index contributed by atoms with van der Waals surface area (Å²) in [5.41, 5.74) is 2.52. The number of aromatic nitrogens is 2. The standard InChI is InChI=1S/C22H27N5O3/c1-14(28)26-11-9-17-18(13-26)24-21(25-20(17)23-2)19-8-5-10-27(19)22(29)15-6-4-7-16(12-15)30-3/h4,6-7,12,19H,5,8-11,13H2,1-3H3,(H,23,24,25). The number of nitrogens with zero attached hydrogens (tertiary/aromatic N) is 4. The number of amides is 2. The van der Waals surface area contributed by atoms with Crippen LogP contribution in [-0.2, 0) is 17.8 Å². The molecule has 0 aliphatic carbocycles. The van der Waals surface area contributed by atoms with E-state index in [9.17, 15) is 9.59 Å². The maximum Gasteiger partial charge on any atom is 0.254 e. The molecule has 1 fully saturated rings. The largest absolute Gasteiger partial charge is 0.497 e. The first-order valence-corrected chi connectivity index (χ1v) is 10.3. The molecule has 0 spiro atoms. The minimum Gasteiger partial charge on any atom is -0.497 e. The number of ether oxygens (including phenoxy) is 1. The molecule has 3 heterocycles. The normalized spacial score (nSPS) is 18.2. The Morgan fingerprint density at radius 2 is 2.07 bits per heavy atom. The monoisotopic (exact) mass is 409 g/mol. The van der Waals surface area contributed by atoms with Crippen LogP contribution in [0, 0.1) is 0 Å². The van der Waals surface area contributed by atoms with Crippen LogP contribution in [0.1, 0.15) is 53.2 Å². The summed E-state index contributed by atoms with van der Waals surface area (Å²) in [5, 5.41) is 3.18. The Labute approximate surface area is 176 Å². The number of likely N-dealkylation sites (tertiary alicyclic amines) is 1. The van der Waals surface area contributed by atoms with Gasteiger partial charge in [0.25, 0.3) is 5.91 Å². The van der Waals surface area contributed by atoms with E-state index < -0.39 is 0 Å². The van der Waals surface area contributed by atoms with E-state index in [-0.39, 0.29) is 17.9 Å². The fourth-order valence-corrected chi connectivity index (χ4v) is 4.27. The van der Waals surface area contributed by atoms with Crippen LogP contribution in [-0.4, -0.2) is 58.8 Å². The number of methoxy groups -OCH3 is 1. The lowest BCUT2D eigenvalue weighted by Gasteiger charge is -2.30. The first-order valence-electron chi connectivity index (χ1n) is 10.3. The highest BCUT2D eigenvalue weighted by molar-refractivity contribution is 5.95. The zero-order chi connectivity index (χ0) is 21.3. The van der Waals surface area contributed by atoms with Crippen molar-refractivity contribution in [2.75, 3.05) is 32.6 Å². The summed E-state index contributed by atoms with van der Waals surface area (Å²) in [5.74, 6) is 2.08. The average Bonchev–Trinajstić information content (AvgIpc) is 3.27. The Bertz CT molecular complexity index is 977. The van der Waals surface area contributed by atoms with Crippen LogP contribution in [0.2, 0.25) is 0 Å². The lowest BCUT2D eigenvalue weighted by Crippen LogP contribution is -2.36. The Kier molecular flexibility index (Phi) is 5.57. The van der Waals surface area contributed by atoms with Gasteiger partial charge >= 0.3 is 0 Å². The van der Waals surface area contributed by atoms with Crippen LogP contribution in [0.25, 0.3) is 0 Å². The highest BCUT2D eigenvalue weighted by atomic mass is 16.5.